The Bertz CT molecular complexity index is 480. The Morgan fingerprint density at radius 1 is 1.40 bits per heavy atom. The average molecular weight is 286 g/mol. The number of carbonyl (C=O) groups excluding carboxylic acids is 1. The molecule has 0 spiro atoms. The molecule has 1 N–H and O–H groups in total. The molecule has 108 valence electrons. The number of rotatable bonds is 8. The maximum absolute atomic E-state index is 11.6. The molecule has 1 unspecified atom stereocenters. The highest BCUT2D eigenvalue weighted by Gasteiger charge is 2.17. The number of amides is 1. The minimum atomic E-state index is -1.30. The molecule has 1 aromatic rings. The Balaban J connectivity index is 2.50. The maximum atomic E-state index is 11.6. The summed E-state index contributed by atoms with van der Waals surface area (Å²) in [6, 6.07) is 3.02. The van der Waals surface area contributed by atoms with Crippen LogP contribution in [0.15, 0.2) is 24.5 Å². The van der Waals surface area contributed by atoms with Gasteiger partial charge in [0.2, 0.25) is 0 Å². The predicted molar refractivity (Wildman–Crippen MR) is 61.4 cm³/mol. The molecule has 1 heterocycles. The van der Waals surface area contributed by atoms with Crippen molar-refractivity contribution in [2.75, 3.05) is 13.2 Å². The van der Waals surface area contributed by atoms with E-state index in [1.165, 1.54) is 24.5 Å². The number of hydrogen-bond donors (Lipinski definition) is 1. The number of pyridine rings is 1. The molecule has 0 saturated carbocycles. The van der Waals surface area contributed by atoms with E-state index >= 15 is 0 Å². The van der Waals surface area contributed by atoms with Gasteiger partial charge in [-0.05, 0) is 12.1 Å². The molecule has 1 amide bonds. The number of nitrogens with one attached hydrogen (secondary N) is 1. The lowest BCUT2D eigenvalue weighted by molar-refractivity contribution is -0.789. The highest BCUT2D eigenvalue weighted by molar-refractivity contribution is 5.93. The summed E-state index contributed by atoms with van der Waals surface area (Å²) in [5.41, 5.74) is 0.238. The van der Waals surface area contributed by atoms with Crippen molar-refractivity contribution >= 4 is 5.91 Å². The molecule has 1 aromatic heterocycles. The van der Waals surface area contributed by atoms with Crippen molar-refractivity contribution in [3.05, 3.63) is 50.3 Å². The van der Waals surface area contributed by atoms with E-state index in [9.17, 15) is 25.0 Å². The van der Waals surface area contributed by atoms with Crippen molar-refractivity contribution < 1.29 is 24.6 Å². The molecular formula is C9H10N4O7. The summed E-state index contributed by atoms with van der Waals surface area (Å²) in [6.07, 6.45) is 1.48. The first kappa shape index (κ1) is 15.1. The third kappa shape index (κ3) is 5.57. The van der Waals surface area contributed by atoms with Crippen LogP contribution in [0.25, 0.3) is 0 Å². The van der Waals surface area contributed by atoms with Crippen molar-refractivity contribution in [3.8, 4) is 0 Å². The van der Waals surface area contributed by atoms with Gasteiger partial charge >= 0.3 is 0 Å². The molecule has 0 aliphatic carbocycles. The molecule has 0 aliphatic heterocycles. The third-order valence-electron chi connectivity index (χ3n) is 2.01. The van der Waals surface area contributed by atoms with E-state index in [0.717, 1.165) is 0 Å². The molecule has 1 rings (SSSR count). The van der Waals surface area contributed by atoms with Gasteiger partial charge in [-0.15, -0.1) is 20.2 Å². The normalized spacial score (nSPS) is 11.2. The topological polar surface area (TPSA) is 147 Å². The molecule has 0 bridgehead atoms. The Kier molecular flexibility index (Phi) is 5.62. The van der Waals surface area contributed by atoms with E-state index in [4.69, 9.17) is 0 Å². The van der Waals surface area contributed by atoms with Gasteiger partial charge in [0.25, 0.3) is 16.1 Å². The zero-order valence-corrected chi connectivity index (χ0v) is 10.0. The fraction of sp³-hybridized carbons (Fsp3) is 0.333. The van der Waals surface area contributed by atoms with Crippen molar-refractivity contribution in [2.24, 2.45) is 0 Å². The predicted octanol–water partition coefficient (Wildman–Crippen LogP) is -0.403. The third-order valence-corrected chi connectivity index (χ3v) is 2.01. The summed E-state index contributed by atoms with van der Waals surface area (Å²) in [7, 11) is 0. The van der Waals surface area contributed by atoms with Crippen LogP contribution >= 0.6 is 0 Å². The van der Waals surface area contributed by atoms with E-state index in [1.807, 2.05) is 0 Å². The molecule has 0 fully saturated rings. The van der Waals surface area contributed by atoms with E-state index < -0.39 is 28.8 Å². The lowest BCUT2D eigenvalue weighted by atomic mass is 10.2. The van der Waals surface area contributed by atoms with Crippen LogP contribution in [0.4, 0.5) is 0 Å². The quantitative estimate of drug-likeness (QED) is 0.501. The van der Waals surface area contributed by atoms with Crippen molar-refractivity contribution in [3.63, 3.8) is 0 Å². The average Bonchev–Trinajstić information content (AvgIpc) is 2.42. The molecule has 11 heteroatoms. The van der Waals surface area contributed by atoms with Crippen LogP contribution < -0.4 is 5.32 Å². The summed E-state index contributed by atoms with van der Waals surface area (Å²) in [5, 5.41) is 20.3. The second-order valence-corrected chi connectivity index (χ2v) is 3.42. The molecule has 0 radical (unpaired) electrons. The van der Waals surface area contributed by atoms with Crippen molar-refractivity contribution in [2.45, 2.75) is 6.10 Å². The van der Waals surface area contributed by atoms with Crippen LogP contribution in [0.1, 0.15) is 10.4 Å². The van der Waals surface area contributed by atoms with Gasteiger partial charge in [0.1, 0.15) is 12.7 Å². The van der Waals surface area contributed by atoms with Crippen LogP contribution in [0, 0.1) is 20.2 Å². The van der Waals surface area contributed by atoms with Gasteiger partial charge in [0.15, 0.2) is 0 Å². The number of nitrogens with zero attached hydrogens (tertiary/aromatic N) is 3. The summed E-state index contributed by atoms with van der Waals surface area (Å²) in [5.74, 6) is -0.545. The molecule has 0 aliphatic rings. The monoisotopic (exact) mass is 286 g/mol. The zero-order chi connectivity index (χ0) is 15.0. The summed E-state index contributed by atoms with van der Waals surface area (Å²) >= 11 is 0. The fourth-order valence-electron chi connectivity index (χ4n) is 1.20. The first-order valence-electron chi connectivity index (χ1n) is 5.25. The SMILES string of the molecule is O=C(NCC(CO[N+](=O)[O-])O[N+](=O)[O-])c1cccnc1. The van der Waals surface area contributed by atoms with E-state index in [2.05, 4.69) is 20.0 Å². The van der Waals surface area contributed by atoms with E-state index in [1.54, 1.807) is 0 Å². The minimum Gasteiger partial charge on any atom is -0.350 e. The lowest BCUT2D eigenvalue weighted by Gasteiger charge is -2.14. The van der Waals surface area contributed by atoms with Gasteiger partial charge in [0, 0.05) is 18.9 Å². The van der Waals surface area contributed by atoms with Gasteiger partial charge in [0.05, 0.1) is 5.56 Å². The van der Waals surface area contributed by atoms with Gasteiger partial charge in [-0.2, -0.15) is 0 Å². The van der Waals surface area contributed by atoms with Crippen LogP contribution in [0.2, 0.25) is 0 Å². The molecular weight excluding hydrogens is 276 g/mol. The molecule has 0 saturated heterocycles. The summed E-state index contributed by atoms with van der Waals surface area (Å²) < 4.78 is 0. The minimum absolute atomic E-state index is 0.238. The number of aromatic nitrogens is 1. The first-order valence-corrected chi connectivity index (χ1v) is 5.25. The molecule has 20 heavy (non-hydrogen) atoms. The second-order valence-electron chi connectivity index (χ2n) is 3.42. The van der Waals surface area contributed by atoms with Gasteiger partial charge < -0.3 is 15.0 Å². The van der Waals surface area contributed by atoms with Crippen LogP contribution in [0.5, 0.6) is 0 Å². The van der Waals surface area contributed by atoms with Crippen LogP contribution in [-0.4, -0.2) is 40.3 Å². The first-order chi connectivity index (χ1) is 9.49. The van der Waals surface area contributed by atoms with Gasteiger partial charge in [-0.25, -0.2) is 0 Å². The number of hydrogen-bond acceptors (Lipinski definition) is 8. The Labute approximate surface area is 111 Å². The van der Waals surface area contributed by atoms with Crippen molar-refractivity contribution in [1.82, 2.24) is 10.3 Å². The van der Waals surface area contributed by atoms with Crippen LogP contribution in [-0.2, 0) is 9.68 Å². The highest BCUT2D eigenvalue weighted by atomic mass is 17.0. The highest BCUT2D eigenvalue weighted by Crippen LogP contribution is 1.97. The summed E-state index contributed by atoms with van der Waals surface area (Å²) in [6.45, 7) is -1.01. The van der Waals surface area contributed by atoms with Crippen LogP contribution in [0.3, 0.4) is 0 Å². The lowest BCUT2D eigenvalue weighted by Crippen LogP contribution is -2.38. The Morgan fingerprint density at radius 3 is 2.70 bits per heavy atom. The van der Waals surface area contributed by atoms with Crippen molar-refractivity contribution in [1.29, 1.82) is 0 Å². The molecule has 0 aromatic carbocycles. The maximum Gasteiger partial charge on any atom is 0.294 e. The van der Waals surface area contributed by atoms with E-state index in [-0.39, 0.29) is 12.1 Å². The summed E-state index contributed by atoms with van der Waals surface area (Å²) in [4.78, 5) is 43.7. The molecule has 1 atom stereocenters. The Morgan fingerprint density at radius 2 is 2.15 bits per heavy atom. The van der Waals surface area contributed by atoms with Gasteiger partial charge in [-0.1, -0.05) is 0 Å². The molecule has 11 nitrogen and oxygen atoms in total. The fourth-order valence-corrected chi connectivity index (χ4v) is 1.20. The van der Waals surface area contributed by atoms with E-state index in [0.29, 0.717) is 0 Å². The van der Waals surface area contributed by atoms with Gasteiger partial charge in [-0.3, -0.25) is 9.78 Å². The zero-order valence-electron chi connectivity index (χ0n) is 10.0. The Hall–Kier alpha value is -2.98. The smallest absolute Gasteiger partial charge is 0.294 e. The largest absolute Gasteiger partial charge is 0.350 e. The number of carbonyl (C=O) groups is 1. The standard InChI is InChI=1S/C9H10N4O7/c14-9(7-2-1-3-10-4-7)11-5-8(20-13(17)18)6-19-12(15)16/h1-4,8H,5-6H2,(H,11,14). The second kappa shape index (κ2) is 7.45.